The summed E-state index contributed by atoms with van der Waals surface area (Å²) in [4.78, 5) is 15.2. The zero-order valence-corrected chi connectivity index (χ0v) is 13.1. The molecule has 1 aliphatic heterocycles. The maximum Gasteiger partial charge on any atom is 0.272 e. The lowest BCUT2D eigenvalue weighted by Gasteiger charge is -2.37. The fraction of sp³-hybridized carbons (Fsp3) is 0.800. The number of alkyl halides is 2. The molecule has 6 heteroatoms. The molecule has 1 saturated heterocycles. The molecule has 0 saturated carbocycles. The van der Waals surface area contributed by atoms with Crippen LogP contribution in [0.15, 0.2) is 12.2 Å². The van der Waals surface area contributed by atoms with Gasteiger partial charge in [-0.2, -0.15) is 0 Å². The summed E-state index contributed by atoms with van der Waals surface area (Å²) in [5.41, 5.74) is 0. The van der Waals surface area contributed by atoms with Crippen LogP contribution in [0.4, 0.5) is 8.78 Å². The van der Waals surface area contributed by atoms with E-state index in [0.29, 0.717) is 12.5 Å². The van der Waals surface area contributed by atoms with Crippen molar-refractivity contribution in [2.75, 3.05) is 33.3 Å². The number of nitrogens with zero attached hydrogens (tertiary/aromatic N) is 2. The van der Waals surface area contributed by atoms with E-state index < -0.39 is 5.92 Å². The van der Waals surface area contributed by atoms with Crippen molar-refractivity contribution in [3.05, 3.63) is 12.2 Å². The Hall–Kier alpha value is -1.01. The number of aliphatic hydroxyl groups excluding tert-OH is 1. The summed E-state index contributed by atoms with van der Waals surface area (Å²) in [6.45, 7) is 4.10. The van der Waals surface area contributed by atoms with E-state index in [1.54, 1.807) is 22.9 Å². The summed E-state index contributed by atoms with van der Waals surface area (Å²) in [5.74, 6) is -2.33. The van der Waals surface area contributed by atoms with Crippen LogP contribution >= 0.6 is 0 Å². The summed E-state index contributed by atoms with van der Waals surface area (Å²) < 4.78 is 25.3. The van der Waals surface area contributed by atoms with E-state index in [9.17, 15) is 13.6 Å². The average molecular weight is 304 g/mol. The largest absolute Gasteiger partial charge is 0.396 e. The third-order valence-electron chi connectivity index (χ3n) is 3.91. The van der Waals surface area contributed by atoms with Gasteiger partial charge in [-0.3, -0.25) is 9.69 Å². The Labute approximate surface area is 125 Å². The Morgan fingerprint density at radius 1 is 1.43 bits per heavy atom. The highest BCUT2D eigenvalue weighted by Gasteiger charge is 2.42. The molecule has 4 nitrogen and oxygen atoms in total. The first-order valence-corrected chi connectivity index (χ1v) is 7.39. The molecule has 0 spiro atoms. The van der Waals surface area contributed by atoms with Gasteiger partial charge in [0, 0.05) is 32.3 Å². The van der Waals surface area contributed by atoms with Crippen molar-refractivity contribution in [1.82, 2.24) is 9.80 Å². The summed E-state index contributed by atoms with van der Waals surface area (Å²) >= 11 is 0. The maximum atomic E-state index is 12.6. The lowest BCUT2D eigenvalue weighted by molar-refractivity contribution is -0.127. The van der Waals surface area contributed by atoms with Crippen LogP contribution in [0, 0.1) is 5.92 Å². The second kappa shape index (κ2) is 7.84. The van der Waals surface area contributed by atoms with Gasteiger partial charge in [0.25, 0.3) is 5.92 Å². The molecular weight excluding hydrogens is 278 g/mol. The number of likely N-dealkylation sites (N-methyl/N-ethyl adjacent to an activating group) is 1. The molecule has 1 heterocycles. The lowest BCUT2D eigenvalue weighted by atomic mass is 9.99. The van der Waals surface area contributed by atoms with Crippen LogP contribution < -0.4 is 0 Å². The molecule has 1 aliphatic rings. The molecule has 1 N–H and O–H groups in total. The van der Waals surface area contributed by atoms with Crippen molar-refractivity contribution in [1.29, 1.82) is 0 Å². The molecule has 0 aromatic rings. The van der Waals surface area contributed by atoms with Crippen molar-refractivity contribution in [2.24, 2.45) is 5.92 Å². The second-order valence-electron chi connectivity index (χ2n) is 6.08. The third kappa shape index (κ3) is 6.09. The Bertz CT molecular complexity index is 367. The predicted octanol–water partition coefficient (Wildman–Crippen LogP) is 1.75. The molecule has 21 heavy (non-hydrogen) atoms. The Morgan fingerprint density at radius 3 is 2.57 bits per heavy atom. The van der Waals surface area contributed by atoms with Crippen LogP contribution in [0.5, 0.6) is 0 Å². The minimum Gasteiger partial charge on any atom is -0.396 e. The Kier molecular flexibility index (Phi) is 6.74. The molecule has 0 bridgehead atoms. The molecular formula is C15H26F2N2O2. The van der Waals surface area contributed by atoms with Gasteiger partial charge in [0.1, 0.15) is 0 Å². The average Bonchev–Trinajstić information content (AvgIpc) is 2.35. The van der Waals surface area contributed by atoms with Gasteiger partial charge in [-0.15, -0.1) is 0 Å². The molecule has 1 amide bonds. The first-order chi connectivity index (χ1) is 9.75. The quantitative estimate of drug-likeness (QED) is 0.695. The van der Waals surface area contributed by atoms with E-state index in [2.05, 4.69) is 0 Å². The molecule has 0 radical (unpaired) electrons. The first-order valence-electron chi connectivity index (χ1n) is 7.39. The van der Waals surface area contributed by atoms with Gasteiger partial charge >= 0.3 is 0 Å². The minimum atomic E-state index is -2.56. The number of halogens is 2. The highest BCUT2D eigenvalue weighted by atomic mass is 19.3. The van der Waals surface area contributed by atoms with Crippen LogP contribution in [0.1, 0.15) is 26.7 Å². The van der Waals surface area contributed by atoms with Gasteiger partial charge in [0.2, 0.25) is 5.91 Å². The zero-order chi connectivity index (χ0) is 16.0. The van der Waals surface area contributed by atoms with Crippen molar-refractivity contribution in [3.63, 3.8) is 0 Å². The minimum absolute atomic E-state index is 0.0806. The number of aliphatic hydroxyl groups is 1. The molecule has 0 aromatic carbocycles. The SMILES string of the molecule is CC(CCO)C[C@H](C)N(C)C(=O)/C=C/CN1CC(F)(F)C1. The van der Waals surface area contributed by atoms with E-state index in [1.807, 2.05) is 13.8 Å². The van der Waals surface area contributed by atoms with Gasteiger partial charge in [-0.1, -0.05) is 13.0 Å². The molecule has 1 fully saturated rings. The van der Waals surface area contributed by atoms with Gasteiger partial charge < -0.3 is 10.0 Å². The molecule has 122 valence electrons. The summed E-state index contributed by atoms with van der Waals surface area (Å²) in [6.07, 6.45) is 4.64. The molecule has 1 rings (SSSR count). The van der Waals surface area contributed by atoms with Crippen molar-refractivity contribution < 1.29 is 18.7 Å². The number of amides is 1. The number of hydrogen-bond donors (Lipinski definition) is 1. The normalized spacial score (nSPS) is 21.0. The number of likely N-dealkylation sites (tertiary alicyclic amines) is 1. The highest BCUT2D eigenvalue weighted by molar-refractivity contribution is 5.87. The smallest absolute Gasteiger partial charge is 0.272 e. The summed E-state index contributed by atoms with van der Waals surface area (Å²) in [5, 5.41) is 8.88. The lowest BCUT2D eigenvalue weighted by Crippen LogP contribution is -2.55. The van der Waals surface area contributed by atoms with E-state index >= 15 is 0 Å². The monoisotopic (exact) mass is 304 g/mol. The standard InChI is InChI=1S/C15H26F2N2O2/c1-12(6-8-20)9-13(2)18(3)14(21)5-4-7-19-10-15(16,17)11-19/h4-5,12-13,20H,6-11H2,1-3H3/b5-4+/t12?,13-/m0/s1. The molecule has 0 aromatic heterocycles. The van der Waals surface area contributed by atoms with Crippen molar-refractivity contribution in [2.45, 2.75) is 38.7 Å². The van der Waals surface area contributed by atoms with Crippen LogP contribution in [-0.4, -0.2) is 66.1 Å². The van der Waals surface area contributed by atoms with Crippen LogP contribution in [0.25, 0.3) is 0 Å². The van der Waals surface area contributed by atoms with E-state index in [1.165, 1.54) is 6.08 Å². The summed E-state index contributed by atoms with van der Waals surface area (Å²) in [7, 11) is 1.74. The topological polar surface area (TPSA) is 43.8 Å². The van der Waals surface area contributed by atoms with Crippen LogP contribution in [-0.2, 0) is 4.79 Å². The van der Waals surface area contributed by atoms with Gasteiger partial charge in [-0.25, -0.2) is 8.78 Å². The molecule has 2 atom stereocenters. The fourth-order valence-electron chi connectivity index (χ4n) is 2.45. The molecule has 1 unspecified atom stereocenters. The van der Waals surface area contributed by atoms with E-state index in [-0.39, 0.29) is 31.6 Å². The number of hydrogen-bond acceptors (Lipinski definition) is 3. The van der Waals surface area contributed by atoms with Gasteiger partial charge in [-0.05, 0) is 25.7 Å². The molecule has 0 aliphatic carbocycles. The summed E-state index contributed by atoms with van der Waals surface area (Å²) in [6, 6.07) is 0.0806. The van der Waals surface area contributed by atoms with Gasteiger partial charge in [0.15, 0.2) is 0 Å². The highest BCUT2D eigenvalue weighted by Crippen LogP contribution is 2.25. The van der Waals surface area contributed by atoms with Crippen LogP contribution in [0.3, 0.4) is 0 Å². The predicted molar refractivity (Wildman–Crippen MR) is 78.2 cm³/mol. The zero-order valence-electron chi connectivity index (χ0n) is 13.1. The van der Waals surface area contributed by atoms with Gasteiger partial charge in [0.05, 0.1) is 13.1 Å². The Balaban J connectivity index is 2.30. The van der Waals surface area contributed by atoms with E-state index in [0.717, 1.165) is 12.8 Å². The maximum absolute atomic E-state index is 12.6. The number of carbonyl (C=O) groups is 1. The number of carbonyl (C=O) groups excluding carboxylic acids is 1. The Morgan fingerprint density at radius 2 is 2.05 bits per heavy atom. The third-order valence-corrected chi connectivity index (χ3v) is 3.91. The van der Waals surface area contributed by atoms with E-state index in [4.69, 9.17) is 5.11 Å². The first kappa shape index (κ1) is 18.0. The number of rotatable bonds is 8. The second-order valence-corrected chi connectivity index (χ2v) is 6.08. The van der Waals surface area contributed by atoms with Crippen molar-refractivity contribution >= 4 is 5.91 Å². The van der Waals surface area contributed by atoms with Crippen molar-refractivity contribution in [3.8, 4) is 0 Å². The van der Waals surface area contributed by atoms with Crippen LogP contribution in [0.2, 0.25) is 0 Å². The fourth-order valence-corrected chi connectivity index (χ4v) is 2.45.